The van der Waals surface area contributed by atoms with E-state index < -0.39 is 0 Å². The molecule has 30 heavy (non-hydrogen) atoms. The summed E-state index contributed by atoms with van der Waals surface area (Å²) in [6.07, 6.45) is 4.30. The molecule has 0 N–H and O–H groups in total. The van der Waals surface area contributed by atoms with Gasteiger partial charge in [-0.2, -0.15) is 0 Å². The fourth-order valence-electron chi connectivity index (χ4n) is 4.21. The molecule has 0 spiro atoms. The molecule has 1 aliphatic carbocycles. The molecule has 1 aliphatic rings. The molecule has 0 saturated carbocycles. The average molecular weight is 422 g/mol. The minimum atomic E-state index is -0.301. The van der Waals surface area contributed by atoms with Crippen molar-refractivity contribution in [1.82, 2.24) is 15.1 Å². The maximum atomic E-state index is 12.2. The molecule has 0 unspecified atom stereocenters. The molecule has 0 atom stereocenters. The highest BCUT2D eigenvalue weighted by atomic mass is 32.1. The van der Waals surface area contributed by atoms with E-state index in [1.807, 2.05) is 17.5 Å². The topological polar surface area (TPSA) is 72.4 Å². The fourth-order valence-corrected chi connectivity index (χ4v) is 4.85. The Balaban J connectivity index is 1.43. The van der Waals surface area contributed by atoms with Gasteiger partial charge >= 0.3 is 5.63 Å². The molecular weight excluding hydrogens is 398 g/mol. The van der Waals surface area contributed by atoms with Crippen molar-refractivity contribution >= 4 is 22.3 Å². The first kappa shape index (κ1) is 19.2. The molecule has 0 saturated heterocycles. The van der Waals surface area contributed by atoms with E-state index in [9.17, 15) is 4.79 Å². The molecular formula is C23H23N3O3S. The summed E-state index contributed by atoms with van der Waals surface area (Å²) in [5.74, 6) is 1.14. The van der Waals surface area contributed by atoms with Gasteiger partial charge in [-0.05, 0) is 72.5 Å². The van der Waals surface area contributed by atoms with Gasteiger partial charge < -0.3 is 8.83 Å². The van der Waals surface area contributed by atoms with E-state index in [0.29, 0.717) is 30.5 Å². The second-order valence-corrected chi connectivity index (χ2v) is 8.70. The van der Waals surface area contributed by atoms with Crippen LogP contribution in [0.15, 0.2) is 49.3 Å². The van der Waals surface area contributed by atoms with Gasteiger partial charge in [0, 0.05) is 18.0 Å². The van der Waals surface area contributed by atoms with Crippen LogP contribution in [0.4, 0.5) is 0 Å². The third kappa shape index (κ3) is 3.82. The third-order valence-corrected chi connectivity index (χ3v) is 6.39. The highest BCUT2D eigenvalue weighted by Crippen LogP contribution is 2.29. The number of aryl methyl sites for hydroxylation is 2. The first-order chi connectivity index (χ1) is 14.7. The fraction of sp³-hybridized carbons (Fsp3) is 0.348. The van der Waals surface area contributed by atoms with Gasteiger partial charge in [0.15, 0.2) is 0 Å². The quantitative estimate of drug-likeness (QED) is 0.399. The molecule has 7 heteroatoms. The zero-order valence-electron chi connectivity index (χ0n) is 16.9. The van der Waals surface area contributed by atoms with Crippen LogP contribution in [0.3, 0.4) is 0 Å². The van der Waals surface area contributed by atoms with Crippen LogP contribution in [-0.2, 0) is 25.9 Å². The lowest BCUT2D eigenvalue weighted by atomic mass is 10.0. The lowest BCUT2D eigenvalue weighted by Gasteiger charge is -2.20. The van der Waals surface area contributed by atoms with Crippen LogP contribution < -0.4 is 5.63 Å². The van der Waals surface area contributed by atoms with E-state index >= 15 is 0 Å². The maximum Gasteiger partial charge on any atom is 0.336 e. The standard InChI is InChI=1S/C23H23N3O3S/c1-2-8-26(14-21-24-25-23(29-21)20-7-4-9-30-20)13-17-12-22(27)28-19-11-16-6-3-5-15(16)10-18(17)19/h4,7,9-12H,2-3,5-6,8,13-14H2,1H3. The van der Waals surface area contributed by atoms with Crippen molar-refractivity contribution in [1.29, 1.82) is 0 Å². The molecule has 3 heterocycles. The normalized spacial score (nSPS) is 13.4. The van der Waals surface area contributed by atoms with Gasteiger partial charge in [0.25, 0.3) is 5.89 Å². The van der Waals surface area contributed by atoms with Crippen molar-refractivity contribution in [2.24, 2.45) is 0 Å². The molecule has 0 bridgehead atoms. The van der Waals surface area contributed by atoms with Crippen molar-refractivity contribution in [3.8, 4) is 10.8 Å². The SMILES string of the molecule is CCCN(Cc1nnc(-c2cccs2)o1)Cc1cc(=O)oc2cc3c(cc12)CCC3. The van der Waals surface area contributed by atoms with Crippen molar-refractivity contribution in [2.75, 3.05) is 6.54 Å². The van der Waals surface area contributed by atoms with Crippen LogP contribution in [0.25, 0.3) is 21.7 Å². The van der Waals surface area contributed by atoms with Crippen molar-refractivity contribution < 1.29 is 8.83 Å². The van der Waals surface area contributed by atoms with Crippen LogP contribution in [0.1, 0.15) is 42.3 Å². The summed E-state index contributed by atoms with van der Waals surface area (Å²) in [7, 11) is 0. The van der Waals surface area contributed by atoms with Gasteiger partial charge in [-0.25, -0.2) is 4.79 Å². The maximum absolute atomic E-state index is 12.2. The predicted molar refractivity (Wildman–Crippen MR) is 117 cm³/mol. The van der Waals surface area contributed by atoms with E-state index in [1.54, 1.807) is 17.4 Å². The Labute approximate surface area is 178 Å². The van der Waals surface area contributed by atoms with E-state index in [-0.39, 0.29) is 5.63 Å². The van der Waals surface area contributed by atoms with Gasteiger partial charge in [0.2, 0.25) is 5.89 Å². The zero-order chi connectivity index (χ0) is 20.5. The van der Waals surface area contributed by atoms with E-state index in [4.69, 9.17) is 8.83 Å². The largest absolute Gasteiger partial charge is 0.423 e. The first-order valence-corrected chi connectivity index (χ1v) is 11.2. The summed E-state index contributed by atoms with van der Waals surface area (Å²) in [6.45, 7) is 4.18. The molecule has 0 aliphatic heterocycles. The first-order valence-electron chi connectivity index (χ1n) is 10.4. The van der Waals surface area contributed by atoms with Crippen LogP contribution >= 0.6 is 11.3 Å². The molecule has 5 rings (SSSR count). The molecule has 6 nitrogen and oxygen atoms in total. The Morgan fingerprint density at radius 2 is 1.97 bits per heavy atom. The number of fused-ring (bicyclic) bond motifs is 2. The highest BCUT2D eigenvalue weighted by molar-refractivity contribution is 7.13. The van der Waals surface area contributed by atoms with Crippen LogP contribution in [0.2, 0.25) is 0 Å². The van der Waals surface area contributed by atoms with Crippen molar-refractivity contribution in [2.45, 2.75) is 45.7 Å². The minimum Gasteiger partial charge on any atom is -0.423 e. The van der Waals surface area contributed by atoms with Crippen molar-refractivity contribution in [3.05, 3.63) is 68.7 Å². The summed E-state index contributed by atoms with van der Waals surface area (Å²) < 4.78 is 11.4. The number of nitrogens with zero attached hydrogens (tertiary/aromatic N) is 3. The van der Waals surface area contributed by atoms with Crippen LogP contribution in [0.5, 0.6) is 0 Å². The average Bonchev–Trinajstić information content (AvgIpc) is 3.48. The Bertz CT molecular complexity index is 1230. The monoisotopic (exact) mass is 421 g/mol. The Hall–Kier alpha value is -2.77. The number of thiophene rings is 1. The number of benzene rings is 1. The second-order valence-electron chi connectivity index (χ2n) is 7.75. The Morgan fingerprint density at radius 3 is 2.77 bits per heavy atom. The molecule has 3 aromatic heterocycles. The van der Waals surface area contributed by atoms with Gasteiger partial charge in [-0.1, -0.05) is 13.0 Å². The van der Waals surface area contributed by atoms with Gasteiger partial charge in [0.05, 0.1) is 11.4 Å². The molecule has 0 radical (unpaired) electrons. The number of aromatic nitrogens is 2. The summed E-state index contributed by atoms with van der Waals surface area (Å²) in [5, 5.41) is 11.4. The highest BCUT2D eigenvalue weighted by Gasteiger charge is 2.18. The number of rotatable bonds is 7. The molecule has 1 aromatic carbocycles. The Morgan fingerprint density at radius 1 is 1.10 bits per heavy atom. The summed E-state index contributed by atoms with van der Waals surface area (Å²) in [6, 6.07) is 9.83. The molecule has 0 fully saturated rings. The minimum absolute atomic E-state index is 0.301. The number of hydrogen-bond donors (Lipinski definition) is 0. The smallest absolute Gasteiger partial charge is 0.336 e. The van der Waals surface area contributed by atoms with E-state index in [0.717, 1.165) is 48.1 Å². The van der Waals surface area contributed by atoms with Crippen LogP contribution in [-0.4, -0.2) is 21.6 Å². The lowest BCUT2D eigenvalue weighted by molar-refractivity contribution is 0.232. The summed E-state index contributed by atoms with van der Waals surface area (Å²) >= 11 is 1.58. The van der Waals surface area contributed by atoms with Gasteiger partial charge in [-0.3, -0.25) is 4.90 Å². The third-order valence-electron chi connectivity index (χ3n) is 5.53. The predicted octanol–water partition coefficient (Wildman–Crippen LogP) is 4.81. The van der Waals surface area contributed by atoms with E-state index in [1.165, 1.54) is 11.1 Å². The molecule has 4 aromatic rings. The number of hydrogen-bond acceptors (Lipinski definition) is 7. The van der Waals surface area contributed by atoms with E-state index in [2.05, 4.69) is 34.2 Å². The zero-order valence-corrected chi connectivity index (χ0v) is 17.7. The van der Waals surface area contributed by atoms with Gasteiger partial charge in [0.1, 0.15) is 5.58 Å². The second kappa shape index (κ2) is 8.16. The molecule has 0 amide bonds. The summed E-state index contributed by atoms with van der Waals surface area (Å²) in [5.41, 5.74) is 4.05. The summed E-state index contributed by atoms with van der Waals surface area (Å²) in [4.78, 5) is 15.4. The van der Waals surface area contributed by atoms with Crippen LogP contribution in [0, 0.1) is 0 Å². The Kier molecular flexibility index (Phi) is 5.23. The van der Waals surface area contributed by atoms with Crippen molar-refractivity contribution in [3.63, 3.8) is 0 Å². The lowest BCUT2D eigenvalue weighted by Crippen LogP contribution is -2.24. The van der Waals surface area contributed by atoms with Gasteiger partial charge in [-0.15, -0.1) is 21.5 Å². The molecule has 154 valence electrons.